The highest BCUT2D eigenvalue weighted by molar-refractivity contribution is 5.93. The highest BCUT2D eigenvalue weighted by atomic mass is 16.5. The summed E-state index contributed by atoms with van der Waals surface area (Å²) in [4.78, 5) is 30.4. The summed E-state index contributed by atoms with van der Waals surface area (Å²) in [6.45, 7) is 5.87. The molecule has 0 unspecified atom stereocenters. The molecule has 180 valence electrons. The van der Waals surface area contributed by atoms with Crippen LogP contribution in [0.1, 0.15) is 23.6 Å². The fourth-order valence-electron chi connectivity index (χ4n) is 3.98. The van der Waals surface area contributed by atoms with Gasteiger partial charge in [0.2, 0.25) is 11.7 Å². The van der Waals surface area contributed by atoms with Gasteiger partial charge in [-0.25, -0.2) is 4.68 Å². The Morgan fingerprint density at radius 3 is 2.44 bits per heavy atom. The molecule has 0 saturated heterocycles. The van der Waals surface area contributed by atoms with E-state index >= 15 is 0 Å². The normalized spacial score (nSPS) is 11.1. The van der Waals surface area contributed by atoms with E-state index in [1.54, 1.807) is 18.2 Å². The van der Waals surface area contributed by atoms with E-state index in [9.17, 15) is 9.59 Å². The number of nitrogens with one attached hydrogen (secondary N) is 1. The summed E-state index contributed by atoms with van der Waals surface area (Å²) in [6.07, 6.45) is 0.911. The topological polar surface area (TPSA) is 103 Å². The lowest BCUT2D eigenvalue weighted by atomic mass is 10.1. The summed E-state index contributed by atoms with van der Waals surface area (Å²) in [5.74, 6) is 0.227. The molecular formula is C28H25N5O3. The minimum atomic E-state index is -0.375. The summed E-state index contributed by atoms with van der Waals surface area (Å²) < 4.78 is 6.69. The zero-order valence-electron chi connectivity index (χ0n) is 20.3. The van der Waals surface area contributed by atoms with Crippen molar-refractivity contribution in [3.05, 3.63) is 93.8 Å². The van der Waals surface area contributed by atoms with Crippen molar-refractivity contribution in [3.8, 4) is 23.0 Å². The molecule has 0 spiro atoms. The van der Waals surface area contributed by atoms with Crippen LogP contribution in [0.2, 0.25) is 0 Å². The molecule has 36 heavy (non-hydrogen) atoms. The molecular weight excluding hydrogens is 454 g/mol. The predicted molar refractivity (Wildman–Crippen MR) is 139 cm³/mol. The van der Waals surface area contributed by atoms with Crippen molar-refractivity contribution >= 4 is 22.4 Å². The molecule has 0 fully saturated rings. The second kappa shape index (κ2) is 9.58. The summed E-state index contributed by atoms with van der Waals surface area (Å²) >= 11 is 0. The van der Waals surface area contributed by atoms with Crippen LogP contribution >= 0.6 is 0 Å². The fourth-order valence-corrected chi connectivity index (χ4v) is 3.98. The van der Waals surface area contributed by atoms with Gasteiger partial charge in [0.05, 0.1) is 5.39 Å². The van der Waals surface area contributed by atoms with Crippen molar-refractivity contribution in [1.82, 2.24) is 19.9 Å². The van der Waals surface area contributed by atoms with E-state index in [0.717, 1.165) is 22.2 Å². The third-order valence-corrected chi connectivity index (χ3v) is 6.20. The Hall–Kier alpha value is -4.59. The van der Waals surface area contributed by atoms with Crippen LogP contribution < -0.4 is 10.9 Å². The lowest BCUT2D eigenvalue weighted by Crippen LogP contribution is -2.30. The average molecular weight is 480 g/mol. The lowest BCUT2D eigenvalue weighted by Gasteiger charge is -2.10. The number of benzene rings is 3. The first-order chi connectivity index (χ1) is 17.4. The summed E-state index contributed by atoms with van der Waals surface area (Å²) in [6, 6.07) is 20.6. The van der Waals surface area contributed by atoms with Gasteiger partial charge in [-0.15, -0.1) is 0 Å². The third kappa shape index (κ3) is 4.53. The predicted octanol–water partition coefficient (Wildman–Crippen LogP) is 4.93. The van der Waals surface area contributed by atoms with Gasteiger partial charge >= 0.3 is 0 Å². The van der Waals surface area contributed by atoms with Crippen molar-refractivity contribution < 1.29 is 9.32 Å². The fraction of sp³-hybridized carbons (Fsp3) is 0.179. The number of hydrogen-bond acceptors (Lipinski definition) is 6. The summed E-state index contributed by atoms with van der Waals surface area (Å²) in [5.41, 5.74) is 4.89. The number of aryl methyl sites for hydroxylation is 3. The van der Waals surface area contributed by atoms with Gasteiger partial charge in [0.15, 0.2) is 5.69 Å². The van der Waals surface area contributed by atoms with Crippen molar-refractivity contribution in [2.75, 3.05) is 5.32 Å². The Kier molecular flexibility index (Phi) is 6.16. The summed E-state index contributed by atoms with van der Waals surface area (Å²) in [7, 11) is 0. The van der Waals surface area contributed by atoms with Gasteiger partial charge in [0.1, 0.15) is 6.54 Å². The molecule has 5 rings (SSSR count). The van der Waals surface area contributed by atoms with Gasteiger partial charge in [-0.3, -0.25) is 9.59 Å². The Morgan fingerprint density at radius 2 is 1.72 bits per heavy atom. The number of carbonyl (C=O) groups excluding carboxylic acids is 1. The number of rotatable bonds is 6. The molecule has 0 aliphatic heterocycles. The lowest BCUT2D eigenvalue weighted by molar-refractivity contribution is -0.117. The molecule has 0 atom stereocenters. The van der Waals surface area contributed by atoms with Crippen LogP contribution in [0.3, 0.4) is 0 Å². The number of aromatic nitrogens is 4. The molecule has 0 aliphatic rings. The van der Waals surface area contributed by atoms with E-state index in [1.807, 2.05) is 62.4 Å². The van der Waals surface area contributed by atoms with Crippen molar-refractivity contribution in [3.63, 3.8) is 0 Å². The van der Waals surface area contributed by atoms with Crippen molar-refractivity contribution in [2.24, 2.45) is 0 Å². The number of hydrogen-bond donors (Lipinski definition) is 1. The number of fused-ring (bicyclic) bond motifs is 1. The zero-order chi connectivity index (χ0) is 25.2. The maximum atomic E-state index is 13.1. The molecule has 0 aliphatic carbocycles. The monoisotopic (exact) mass is 479 g/mol. The molecule has 3 aromatic carbocycles. The summed E-state index contributed by atoms with van der Waals surface area (Å²) in [5, 5.41) is 12.4. The van der Waals surface area contributed by atoms with E-state index in [0.29, 0.717) is 28.0 Å². The van der Waals surface area contributed by atoms with Gasteiger partial charge in [-0.05, 0) is 61.2 Å². The van der Waals surface area contributed by atoms with Gasteiger partial charge in [-0.1, -0.05) is 54.5 Å². The molecule has 1 N–H and O–H groups in total. The molecule has 2 aromatic heterocycles. The second-order valence-corrected chi connectivity index (χ2v) is 8.68. The van der Waals surface area contributed by atoms with Gasteiger partial charge in [0.25, 0.3) is 11.4 Å². The Balaban J connectivity index is 1.50. The van der Waals surface area contributed by atoms with Gasteiger partial charge < -0.3 is 9.84 Å². The quantitative estimate of drug-likeness (QED) is 0.370. The standard InChI is InChI=1S/C28H25N5O3/c1-4-19-10-13-21(14-11-19)29-24(34)16-33-28(35)23-8-6-5-7-22(23)25(31-33)27-30-26(32-36-27)20-12-9-17(2)18(3)15-20/h5-15H,4,16H2,1-3H3,(H,29,34). The average Bonchev–Trinajstić information content (AvgIpc) is 3.38. The molecule has 0 bridgehead atoms. The third-order valence-electron chi connectivity index (χ3n) is 6.20. The minimum absolute atomic E-state index is 0.170. The highest BCUT2D eigenvalue weighted by Crippen LogP contribution is 2.26. The van der Waals surface area contributed by atoms with E-state index in [4.69, 9.17) is 4.52 Å². The first-order valence-electron chi connectivity index (χ1n) is 11.7. The van der Waals surface area contributed by atoms with Crippen LogP contribution in [0.15, 0.2) is 76.0 Å². The van der Waals surface area contributed by atoms with Crippen molar-refractivity contribution in [1.29, 1.82) is 0 Å². The SMILES string of the molecule is CCc1ccc(NC(=O)Cn2nc(-c3nc(-c4ccc(C)c(C)c4)no3)c3ccccc3c2=O)cc1. The number of carbonyl (C=O) groups is 1. The zero-order valence-corrected chi connectivity index (χ0v) is 20.3. The second-order valence-electron chi connectivity index (χ2n) is 8.68. The van der Waals surface area contributed by atoms with E-state index in [2.05, 4.69) is 27.5 Å². The largest absolute Gasteiger partial charge is 0.332 e. The molecule has 0 saturated carbocycles. The highest BCUT2D eigenvalue weighted by Gasteiger charge is 2.19. The van der Waals surface area contributed by atoms with E-state index in [-0.39, 0.29) is 23.9 Å². The van der Waals surface area contributed by atoms with Crippen LogP contribution in [0.5, 0.6) is 0 Å². The molecule has 5 aromatic rings. The Labute approximate surface area is 207 Å². The van der Waals surface area contributed by atoms with E-state index in [1.165, 1.54) is 11.1 Å². The maximum absolute atomic E-state index is 13.1. The van der Waals surface area contributed by atoms with Crippen LogP contribution in [-0.2, 0) is 17.8 Å². The number of amides is 1. The van der Waals surface area contributed by atoms with Gasteiger partial charge in [0, 0.05) is 16.6 Å². The van der Waals surface area contributed by atoms with Crippen molar-refractivity contribution in [2.45, 2.75) is 33.7 Å². The molecule has 1 amide bonds. The van der Waals surface area contributed by atoms with Crippen LogP contribution in [0, 0.1) is 13.8 Å². The number of anilines is 1. The first kappa shape index (κ1) is 23.2. The van der Waals surface area contributed by atoms with E-state index < -0.39 is 0 Å². The molecule has 0 radical (unpaired) electrons. The minimum Gasteiger partial charge on any atom is -0.332 e. The van der Waals surface area contributed by atoms with Crippen LogP contribution in [0.4, 0.5) is 5.69 Å². The van der Waals surface area contributed by atoms with Gasteiger partial charge in [-0.2, -0.15) is 10.1 Å². The van der Waals surface area contributed by atoms with Crippen LogP contribution in [0.25, 0.3) is 33.7 Å². The molecule has 8 heteroatoms. The number of nitrogens with zero attached hydrogens (tertiary/aromatic N) is 4. The Bertz CT molecular complexity index is 1630. The molecule has 2 heterocycles. The smallest absolute Gasteiger partial charge is 0.279 e. The van der Waals surface area contributed by atoms with Crippen LogP contribution in [-0.4, -0.2) is 25.8 Å². The maximum Gasteiger partial charge on any atom is 0.279 e. The first-order valence-corrected chi connectivity index (χ1v) is 11.7. The Morgan fingerprint density at radius 1 is 0.972 bits per heavy atom. The molecule has 8 nitrogen and oxygen atoms in total.